The maximum absolute atomic E-state index is 3.25. The number of hydrazine groups is 2. The van der Waals surface area contributed by atoms with Gasteiger partial charge in [-0.25, -0.2) is 5.43 Å². The highest BCUT2D eigenvalue weighted by molar-refractivity contribution is 7.96. The van der Waals surface area contributed by atoms with Crippen molar-refractivity contribution in [3.63, 3.8) is 0 Å². The molecule has 0 bridgehead atoms. The van der Waals surface area contributed by atoms with E-state index in [4.69, 9.17) is 0 Å². The quantitative estimate of drug-likeness (QED) is 0.841. The fraction of sp³-hybridized carbons (Fsp3) is 0.250. The van der Waals surface area contributed by atoms with Gasteiger partial charge < -0.3 is 0 Å². The summed E-state index contributed by atoms with van der Waals surface area (Å²) in [5.41, 5.74) is 11.6. The van der Waals surface area contributed by atoms with Crippen LogP contribution in [0.2, 0.25) is 0 Å². The monoisotopic (exact) mass is 285 g/mol. The van der Waals surface area contributed by atoms with E-state index in [9.17, 15) is 0 Å². The summed E-state index contributed by atoms with van der Waals surface area (Å²) in [6.07, 6.45) is 3.36. The van der Waals surface area contributed by atoms with E-state index in [1.807, 2.05) is 0 Å². The fourth-order valence-corrected chi connectivity index (χ4v) is 2.98. The lowest BCUT2D eigenvalue weighted by Crippen LogP contribution is -2.62. The topological polar surface area (TPSA) is 27.3 Å². The minimum atomic E-state index is 0.215. The Morgan fingerprint density at radius 3 is 2.45 bits per heavy atom. The summed E-state index contributed by atoms with van der Waals surface area (Å²) in [5.74, 6) is 0. The third-order valence-corrected chi connectivity index (χ3v) is 4.37. The number of benzene rings is 2. The Kier molecular flexibility index (Phi) is 4.08. The highest BCUT2D eigenvalue weighted by Gasteiger charge is 2.30. The molecule has 0 amide bonds. The van der Waals surface area contributed by atoms with E-state index < -0.39 is 0 Å². The predicted molar refractivity (Wildman–Crippen MR) is 85.6 cm³/mol. The third kappa shape index (κ3) is 2.47. The molecular weight excluding hydrogens is 266 g/mol. The van der Waals surface area contributed by atoms with Gasteiger partial charge in [-0.2, -0.15) is 9.95 Å². The highest BCUT2D eigenvalue weighted by atomic mass is 32.2. The molecule has 1 unspecified atom stereocenters. The van der Waals surface area contributed by atoms with Crippen LogP contribution in [-0.2, 0) is 6.42 Å². The Hall–Kier alpha value is -1.33. The van der Waals surface area contributed by atoms with Gasteiger partial charge >= 0.3 is 0 Å². The molecule has 2 aromatic carbocycles. The van der Waals surface area contributed by atoms with Gasteiger partial charge in [0.1, 0.15) is 6.17 Å². The van der Waals surface area contributed by atoms with Crippen LogP contribution in [0.25, 0.3) is 11.1 Å². The molecule has 1 saturated heterocycles. The molecule has 104 valence electrons. The van der Waals surface area contributed by atoms with Crippen LogP contribution < -0.4 is 11.0 Å². The van der Waals surface area contributed by atoms with Crippen molar-refractivity contribution in [2.24, 2.45) is 0 Å². The van der Waals surface area contributed by atoms with Crippen molar-refractivity contribution in [1.82, 2.24) is 15.4 Å². The molecule has 0 aromatic heterocycles. The Labute approximate surface area is 124 Å². The molecule has 3 rings (SSSR count). The summed E-state index contributed by atoms with van der Waals surface area (Å²) < 4.78 is 2.11. The number of aryl methyl sites for hydroxylation is 1. The van der Waals surface area contributed by atoms with Gasteiger partial charge in [-0.1, -0.05) is 67.4 Å². The van der Waals surface area contributed by atoms with Crippen molar-refractivity contribution in [2.45, 2.75) is 19.5 Å². The van der Waals surface area contributed by atoms with Crippen LogP contribution in [0, 0.1) is 0 Å². The second-order valence-corrected chi connectivity index (χ2v) is 5.56. The fourth-order valence-electron chi connectivity index (χ4n) is 2.46. The van der Waals surface area contributed by atoms with E-state index in [2.05, 4.69) is 77.1 Å². The lowest BCUT2D eigenvalue weighted by atomic mass is 9.96. The van der Waals surface area contributed by atoms with Crippen molar-refractivity contribution in [3.05, 3.63) is 59.7 Å². The number of hydrogen-bond acceptors (Lipinski definition) is 4. The molecule has 0 aliphatic carbocycles. The zero-order chi connectivity index (χ0) is 13.9. The van der Waals surface area contributed by atoms with E-state index in [1.54, 1.807) is 11.9 Å². The molecule has 0 spiro atoms. The van der Waals surface area contributed by atoms with Gasteiger partial charge in [-0.05, 0) is 34.9 Å². The summed E-state index contributed by atoms with van der Waals surface area (Å²) in [6.45, 7) is 2.18. The van der Waals surface area contributed by atoms with Crippen molar-refractivity contribution in [3.8, 4) is 11.1 Å². The summed E-state index contributed by atoms with van der Waals surface area (Å²) in [4.78, 5) is 0. The second-order valence-electron chi connectivity index (χ2n) is 4.80. The van der Waals surface area contributed by atoms with Crippen LogP contribution in [0.5, 0.6) is 0 Å². The van der Waals surface area contributed by atoms with Crippen molar-refractivity contribution < 1.29 is 0 Å². The Morgan fingerprint density at radius 2 is 1.85 bits per heavy atom. The van der Waals surface area contributed by atoms with Crippen LogP contribution in [0.4, 0.5) is 0 Å². The van der Waals surface area contributed by atoms with Gasteiger partial charge in [0, 0.05) is 0 Å². The minimum Gasteiger partial charge on any atom is -0.219 e. The zero-order valence-electron chi connectivity index (χ0n) is 11.8. The standard InChI is InChI=1S/C16H19N3S/c1-3-12-8-10-13(11-9-12)14-6-4-5-7-15(14)16-17-18-19(16)20-2/h4-11,16-18H,3H2,1-2H3. The number of nitrogens with zero attached hydrogens (tertiary/aromatic N) is 1. The van der Waals surface area contributed by atoms with E-state index in [1.165, 1.54) is 22.3 Å². The lowest BCUT2D eigenvalue weighted by Gasteiger charge is -2.41. The molecule has 0 radical (unpaired) electrons. The SMILES string of the molecule is CCc1ccc(-c2ccccc2C2NNN2SC)cc1. The lowest BCUT2D eigenvalue weighted by molar-refractivity contribution is 0.0547. The molecule has 3 nitrogen and oxygen atoms in total. The molecule has 20 heavy (non-hydrogen) atoms. The molecule has 2 N–H and O–H groups in total. The molecule has 2 aromatic rings. The first kappa shape index (κ1) is 13.6. The van der Waals surface area contributed by atoms with Gasteiger partial charge in [-0.15, -0.1) is 0 Å². The zero-order valence-corrected chi connectivity index (χ0v) is 12.6. The predicted octanol–water partition coefficient (Wildman–Crippen LogP) is 3.52. The molecular formula is C16H19N3S. The normalized spacial score (nSPS) is 18.8. The van der Waals surface area contributed by atoms with Crippen LogP contribution in [-0.4, -0.2) is 10.7 Å². The van der Waals surface area contributed by atoms with Crippen molar-refractivity contribution in [2.75, 3.05) is 6.26 Å². The number of nitrogens with one attached hydrogen (secondary N) is 2. The molecule has 4 heteroatoms. The Morgan fingerprint density at radius 1 is 1.10 bits per heavy atom. The van der Waals surface area contributed by atoms with Crippen LogP contribution in [0.15, 0.2) is 48.5 Å². The van der Waals surface area contributed by atoms with Crippen molar-refractivity contribution >= 4 is 11.9 Å². The summed E-state index contributed by atoms with van der Waals surface area (Å²) in [5, 5.41) is 0. The van der Waals surface area contributed by atoms with E-state index >= 15 is 0 Å². The maximum Gasteiger partial charge on any atom is 0.126 e. The van der Waals surface area contributed by atoms with Gasteiger partial charge in [0.2, 0.25) is 0 Å². The molecule has 1 fully saturated rings. The highest BCUT2D eigenvalue weighted by Crippen LogP contribution is 2.33. The average Bonchev–Trinajstić information content (AvgIpc) is 2.47. The summed E-state index contributed by atoms with van der Waals surface area (Å²) in [7, 11) is 0. The molecule has 1 aliphatic rings. The molecule has 1 aliphatic heterocycles. The van der Waals surface area contributed by atoms with E-state index in [0.29, 0.717) is 0 Å². The summed E-state index contributed by atoms with van der Waals surface area (Å²) >= 11 is 1.68. The van der Waals surface area contributed by atoms with Crippen LogP contribution in [0.3, 0.4) is 0 Å². The second kappa shape index (κ2) is 5.97. The van der Waals surface area contributed by atoms with Crippen LogP contribution >= 0.6 is 11.9 Å². The molecule has 1 heterocycles. The van der Waals surface area contributed by atoms with E-state index in [0.717, 1.165) is 6.42 Å². The average molecular weight is 285 g/mol. The first-order chi connectivity index (χ1) is 9.83. The number of rotatable bonds is 4. The van der Waals surface area contributed by atoms with E-state index in [-0.39, 0.29) is 6.17 Å². The molecule has 1 atom stereocenters. The van der Waals surface area contributed by atoms with Gasteiger partial charge in [0.05, 0.1) is 0 Å². The van der Waals surface area contributed by atoms with Gasteiger partial charge in [0.25, 0.3) is 0 Å². The van der Waals surface area contributed by atoms with Gasteiger partial charge in [-0.3, -0.25) is 0 Å². The number of hydrogen-bond donors (Lipinski definition) is 2. The largest absolute Gasteiger partial charge is 0.219 e. The first-order valence-corrected chi connectivity index (χ1v) is 8.04. The van der Waals surface area contributed by atoms with Crippen molar-refractivity contribution in [1.29, 1.82) is 0 Å². The third-order valence-electron chi connectivity index (χ3n) is 3.67. The first-order valence-electron chi connectivity index (χ1n) is 6.86. The maximum atomic E-state index is 3.25. The summed E-state index contributed by atoms with van der Waals surface area (Å²) in [6, 6.07) is 17.4. The minimum absolute atomic E-state index is 0.215. The molecule has 0 saturated carbocycles. The van der Waals surface area contributed by atoms with Gasteiger partial charge in [0.15, 0.2) is 0 Å². The smallest absolute Gasteiger partial charge is 0.126 e. The van der Waals surface area contributed by atoms with Crippen LogP contribution in [0.1, 0.15) is 24.2 Å². The Balaban J connectivity index is 1.96. The Bertz CT molecular complexity index is 581.